The van der Waals surface area contributed by atoms with Gasteiger partial charge < -0.3 is 14.6 Å². The highest BCUT2D eigenvalue weighted by Gasteiger charge is 2.18. The third kappa shape index (κ3) is 4.67. The first-order valence-electron chi connectivity index (χ1n) is 8.30. The zero-order valence-corrected chi connectivity index (χ0v) is 14.8. The maximum absolute atomic E-state index is 11.6. The average molecular weight is 334 g/mol. The molecule has 0 aromatic carbocycles. The standard InChI is InChI=1S/C17H26N4O3/c1-11(2)19-16(22)17(23)20-18-9-14-8-12(3)21(13(14)4)10-15-6-5-7-24-15/h8-9,11,15H,5-7,10H2,1-4H3,(H,19,22)(H,20,23)/b18-9-/t15-/m1/s1. The lowest BCUT2D eigenvalue weighted by molar-refractivity contribution is -0.139. The normalized spacial score (nSPS) is 17.6. The number of hydrogen-bond donors (Lipinski definition) is 2. The fourth-order valence-corrected chi connectivity index (χ4v) is 2.77. The highest BCUT2D eigenvalue weighted by molar-refractivity contribution is 6.35. The monoisotopic (exact) mass is 334 g/mol. The molecule has 1 fully saturated rings. The molecule has 0 unspecified atom stereocenters. The molecule has 7 nitrogen and oxygen atoms in total. The molecule has 2 amide bonds. The van der Waals surface area contributed by atoms with Gasteiger partial charge in [-0.3, -0.25) is 9.59 Å². The van der Waals surface area contributed by atoms with E-state index in [9.17, 15) is 9.59 Å². The van der Waals surface area contributed by atoms with E-state index in [1.54, 1.807) is 20.1 Å². The van der Waals surface area contributed by atoms with E-state index in [4.69, 9.17) is 4.74 Å². The zero-order chi connectivity index (χ0) is 17.7. The van der Waals surface area contributed by atoms with Crippen molar-refractivity contribution < 1.29 is 14.3 Å². The third-order valence-electron chi connectivity index (χ3n) is 4.02. The number of amides is 2. The quantitative estimate of drug-likeness (QED) is 0.483. The molecule has 0 spiro atoms. The number of hydrogen-bond acceptors (Lipinski definition) is 4. The van der Waals surface area contributed by atoms with E-state index in [0.717, 1.165) is 42.9 Å². The molecule has 0 saturated carbocycles. The summed E-state index contributed by atoms with van der Waals surface area (Å²) in [6.07, 6.45) is 4.03. The molecule has 7 heteroatoms. The minimum absolute atomic E-state index is 0.0936. The van der Waals surface area contributed by atoms with Crippen molar-refractivity contribution in [2.75, 3.05) is 6.61 Å². The van der Waals surface area contributed by atoms with Crippen LogP contribution in [0.2, 0.25) is 0 Å². The molecular formula is C17H26N4O3. The topological polar surface area (TPSA) is 84.7 Å². The number of nitrogens with zero attached hydrogens (tertiary/aromatic N) is 2. The molecule has 1 aliphatic rings. The fourth-order valence-electron chi connectivity index (χ4n) is 2.77. The Labute approximate surface area is 142 Å². The van der Waals surface area contributed by atoms with Gasteiger partial charge in [0.2, 0.25) is 0 Å². The van der Waals surface area contributed by atoms with Gasteiger partial charge in [-0.25, -0.2) is 5.43 Å². The van der Waals surface area contributed by atoms with Crippen molar-refractivity contribution in [1.82, 2.24) is 15.3 Å². The molecule has 1 atom stereocenters. The fraction of sp³-hybridized carbons (Fsp3) is 0.588. The van der Waals surface area contributed by atoms with E-state index in [1.165, 1.54) is 0 Å². The minimum Gasteiger partial charge on any atom is -0.376 e. The van der Waals surface area contributed by atoms with Gasteiger partial charge in [0.05, 0.1) is 12.3 Å². The predicted molar refractivity (Wildman–Crippen MR) is 91.9 cm³/mol. The second-order valence-corrected chi connectivity index (χ2v) is 6.40. The Hall–Kier alpha value is -2.15. The van der Waals surface area contributed by atoms with Crippen molar-refractivity contribution in [3.05, 3.63) is 23.0 Å². The summed E-state index contributed by atoms with van der Waals surface area (Å²) in [5.74, 6) is -1.46. The van der Waals surface area contributed by atoms with Gasteiger partial charge in [-0.15, -0.1) is 0 Å². The van der Waals surface area contributed by atoms with Crippen LogP contribution in [0.25, 0.3) is 0 Å². The molecule has 2 N–H and O–H groups in total. The molecule has 0 radical (unpaired) electrons. The molecule has 1 aromatic rings. The van der Waals surface area contributed by atoms with E-state index >= 15 is 0 Å². The first kappa shape index (κ1) is 18.2. The zero-order valence-electron chi connectivity index (χ0n) is 14.8. The van der Waals surface area contributed by atoms with Gasteiger partial charge in [-0.1, -0.05) is 0 Å². The first-order valence-corrected chi connectivity index (χ1v) is 8.30. The Morgan fingerprint density at radius 1 is 1.42 bits per heavy atom. The van der Waals surface area contributed by atoms with Crippen molar-refractivity contribution in [1.29, 1.82) is 0 Å². The number of carbonyl (C=O) groups excluding carboxylic acids is 2. The van der Waals surface area contributed by atoms with Gasteiger partial charge in [0.1, 0.15) is 0 Å². The summed E-state index contributed by atoms with van der Waals surface area (Å²) in [4.78, 5) is 23.1. The van der Waals surface area contributed by atoms with Crippen LogP contribution in [-0.4, -0.2) is 41.3 Å². The van der Waals surface area contributed by atoms with Gasteiger partial charge in [0.25, 0.3) is 0 Å². The number of nitrogens with one attached hydrogen (secondary N) is 2. The highest BCUT2D eigenvalue weighted by Crippen LogP contribution is 2.19. The van der Waals surface area contributed by atoms with Crippen LogP contribution in [0.3, 0.4) is 0 Å². The lowest BCUT2D eigenvalue weighted by atomic mass is 10.2. The first-order chi connectivity index (χ1) is 11.4. The Morgan fingerprint density at radius 2 is 2.17 bits per heavy atom. The van der Waals surface area contributed by atoms with Crippen LogP contribution in [0, 0.1) is 13.8 Å². The third-order valence-corrected chi connectivity index (χ3v) is 4.02. The molecular weight excluding hydrogens is 308 g/mol. The number of aromatic nitrogens is 1. The molecule has 2 heterocycles. The van der Waals surface area contributed by atoms with Crippen LogP contribution >= 0.6 is 0 Å². The van der Waals surface area contributed by atoms with Crippen molar-refractivity contribution >= 4 is 18.0 Å². The molecule has 0 aliphatic carbocycles. The molecule has 1 aliphatic heterocycles. The van der Waals surface area contributed by atoms with E-state index in [-0.39, 0.29) is 12.1 Å². The number of ether oxygens (including phenoxy) is 1. The highest BCUT2D eigenvalue weighted by atomic mass is 16.5. The number of hydrazone groups is 1. The summed E-state index contributed by atoms with van der Waals surface area (Å²) in [5.41, 5.74) is 5.34. The Bertz CT molecular complexity index is 628. The van der Waals surface area contributed by atoms with Crippen molar-refractivity contribution in [2.24, 2.45) is 5.10 Å². The van der Waals surface area contributed by atoms with Crippen LogP contribution in [0.15, 0.2) is 11.2 Å². The maximum atomic E-state index is 11.6. The number of carbonyl (C=O) groups is 2. The van der Waals surface area contributed by atoms with Crippen LogP contribution in [0.5, 0.6) is 0 Å². The van der Waals surface area contributed by atoms with E-state index in [2.05, 4.69) is 20.4 Å². The van der Waals surface area contributed by atoms with Gasteiger partial charge in [0.15, 0.2) is 0 Å². The summed E-state index contributed by atoms with van der Waals surface area (Å²) in [6.45, 7) is 9.29. The Balaban J connectivity index is 1.97. The summed E-state index contributed by atoms with van der Waals surface area (Å²) >= 11 is 0. The molecule has 132 valence electrons. The van der Waals surface area contributed by atoms with Gasteiger partial charge in [-0.2, -0.15) is 5.10 Å². The minimum atomic E-state index is -0.770. The van der Waals surface area contributed by atoms with E-state index in [0.29, 0.717) is 0 Å². The van der Waals surface area contributed by atoms with Crippen LogP contribution in [0.1, 0.15) is 43.6 Å². The summed E-state index contributed by atoms with van der Waals surface area (Å²) < 4.78 is 7.89. The average Bonchev–Trinajstić information content (AvgIpc) is 3.11. The van der Waals surface area contributed by atoms with E-state index in [1.807, 2.05) is 19.9 Å². The molecule has 2 rings (SSSR count). The Morgan fingerprint density at radius 3 is 2.79 bits per heavy atom. The smallest absolute Gasteiger partial charge is 0.329 e. The Kier molecular flexibility index (Phi) is 6.14. The van der Waals surface area contributed by atoms with Crippen LogP contribution in [-0.2, 0) is 20.9 Å². The van der Waals surface area contributed by atoms with Crippen molar-refractivity contribution in [3.8, 4) is 0 Å². The molecule has 0 bridgehead atoms. The number of rotatable bonds is 5. The van der Waals surface area contributed by atoms with Gasteiger partial charge >= 0.3 is 11.8 Å². The number of aryl methyl sites for hydroxylation is 1. The summed E-state index contributed by atoms with van der Waals surface area (Å²) in [5, 5.41) is 6.40. The van der Waals surface area contributed by atoms with Gasteiger partial charge in [0, 0.05) is 36.1 Å². The maximum Gasteiger partial charge on any atom is 0.329 e. The second kappa shape index (κ2) is 8.10. The van der Waals surface area contributed by atoms with Crippen molar-refractivity contribution in [3.63, 3.8) is 0 Å². The second-order valence-electron chi connectivity index (χ2n) is 6.40. The van der Waals surface area contributed by atoms with Gasteiger partial charge in [-0.05, 0) is 46.6 Å². The molecule has 1 saturated heterocycles. The van der Waals surface area contributed by atoms with Crippen LogP contribution < -0.4 is 10.7 Å². The van der Waals surface area contributed by atoms with Crippen molar-refractivity contribution in [2.45, 2.75) is 59.2 Å². The van der Waals surface area contributed by atoms with Crippen LogP contribution in [0.4, 0.5) is 0 Å². The largest absolute Gasteiger partial charge is 0.376 e. The lowest BCUT2D eigenvalue weighted by Crippen LogP contribution is -2.41. The van der Waals surface area contributed by atoms with E-state index < -0.39 is 11.8 Å². The predicted octanol–water partition coefficient (Wildman–Crippen LogP) is 1.26. The molecule has 1 aromatic heterocycles. The SMILES string of the molecule is Cc1cc(/C=N\NC(=O)C(=O)NC(C)C)c(C)n1C[C@H]1CCCO1. The summed E-state index contributed by atoms with van der Waals surface area (Å²) in [6, 6.07) is 1.91. The lowest BCUT2D eigenvalue weighted by Gasteiger charge is -2.14. The molecule has 24 heavy (non-hydrogen) atoms. The summed E-state index contributed by atoms with van der Waals surface area (Å²) in [7, 11) is 0.